The SMILES string of the molecule is C[C@H]1C(=O)CC[C@@H]2[C@]1(C)CC[C@H]1[C@@]2(CO)CC[C@@]2(C)[C@@H]3CC(C)(C)CC[C@]3(C)CC[C@]12C. The molecule has 2 heteroatoms. The largest absolute Gasteiger partial charge is 0.396 e. The summed E-state index contributed by atoms with van der Waals surface area (Å²) in [5.74, 6) is 2.53. The van der Waals surface area contributed by atoms with Gasteiger partial charge < -0.3 is 5.11 Å². The number of Topliss-reactive ketones (excluding diaryl/α,β-unsaturated/α-hetero) is 1. The normalized spacial score (nSPS) is 57.1. The van der Waals surface area contributed by atoms with Crippen LogP contribution in [0.4, 0.5) is 0 Å². The lowest BCUT2D eigenvalue weighted by atomic mass is 9.30. The summed E-state index contributed by atoms with van der Waals surface area (Å²) in [6.07, 6.45) is 13.4. The Bertz CT molecular complexity index is 801. The molecule has 5 aliphatic carbocycles. The number of carbonyl (C=O) groups is 1. The summed E-state index contributed by atoms with van der Waals surface area (Å²) in [7, 11) is 0. The van der Waals surface area contributed by atoms with E-state index in [1.54, 1.807) is 0 Å². The summed E-state index contributed by atoms with van der Waals surface area (Å²) >= 11 is 0. The number of ketones is 1. The van der Waals surface area contributed by atoms with Crippen molar-refractivity contribution in [1.29, 1.82) is 0 Å². The minimum atomic E-state index is 0.0220. The Hall–Kier alpha value is -0.370. The molecular formula is C30H50O2. The van der Waals surface area contributed by atoms with Crippen LogP contribution in [0, 0.1) is 56.2 Å². The van der Waals surface area contributed by atoms with Crippen molar-refractivity contribution in [3.63, 3.8) is 0 Å². The van der Waals surface area contributed by atoms with E-state index >= 15 is 0 Å². The quantitative estimate of drug-likeness (QED) is 0.458. The lowest BCUT2D eigenvalue weighted by molar-refractivity contribution is -0.268. The summed E-state index contributed by atoms with van der Waals surface area (Å²) in [5, 5.41) is 11.2. The van der Waals surface area contributed by atoms with Crippen LogP contribution in [-0.4, -0.2) is 17.5 Å². The van der Waals surface area contributed by atoms with E-state index in [-0.39, 0.29) is 16.7 Å². The van der Waals surface area contributed by atoms with Gasteiger partial charge in [-0.05, 0) is 109 Å². The van der Waals surface area contributed by atoms with Crippen molar-refractivity contribution in [1.82, 2.24) is 0 Å². The Morgan fingerprint density at radius 1 is 0.781 bits per heavy atom. The molecule has 0 saturated heterocycles. The van der Waals surface area contributed by atoms with Gasteiger partial charge in [0.1, 0.15) is 5.78 Å². The second-order valence-electron chi connectivity index (χ2n) is 15.2. The molecule has 0 bridgehead atoms. The van der Waals surface area contributed by atoms with Crippen LogP contribution in [-0.2, 0) is 4.79 Å². The van der Waals surface area contributed by atoms with E-state index in [2.05, 4.69) is 48.5 Å². The van der Waals surface area contributed by atoms with Gasteiger partial charge in [0.2, 0.25) is 0 Å². The molecule has 32 heavy (non-hydrogen) atoms. The maximum absolute atomic E-state index is 12.7. The summed E-state index contributed by atoms with van der Waals surface area (Å²) in [5.41, 5.74) is 1.73. The minimum absolute atomic E-state index is 0.0220. The molecule has 5 saturated carbocycles. The molecule has 0 spiro atoms. The fourth-order valence-electron chi connectivity index (χ4n) is 11.2. The monoisotopic (exact) mass is 442 g/mol. The van der Waals surface area contributed by atoms with Gasteiger partial charge in [-0.15, -0.1) is 0 Å². The van der Waals surface area contributed by atoms with Crippen LogP contribution in [0.25, 0.3) is 0 Å². The lowest BCUT2D eigenvalue weighted by Gasteiger charge is -2.75. The molecule has 2 nitrogen and oxygen atoms in total. The molecule has 9 atom stereocenters. The van der Waals surface area contributed by atoms with Crippen molar-refractivity contribution in [2.24, 2.45) is 56.2 Å². The molecule has 5 rings (SSSR count). The van der Waals surface area contributed by atoms with Gasteiger partial charge in [-0.1, -0.05) is 48.5 Å². The van der Waals surface area contributed by atoms with E-state index in [0.29, 0.717) is 45.9 Å². The third kappa shape index (κ3) is 2.71. The predicted octanol–water partition coefficient (Wildman–Crippen LogP) is 7.43. The van der Waals surface area contributed by atoms with E-state index in [1.807, 2.05) is 0 Å². The van der Waals surface area contributed by atoms with E-state index in [4.69, 9.17) is 0 Å². The number of aliphatic hydroxyl groups is 1. The Morgan fingerprint density at radius 2 is 1.41 bits per heavy atom. The predicted molar refractivity (Wildman–Crippen MR) is 131 cm³/mol. The first-order valence-electron chi connectivity index (χ1n) is 13.9. The van der Waals surface area contributed by atoms with Crippen LogP contribution >= 0.6 is 0 Å². The molecule has 0 aromatic rings. The molecule has 0 unspecified atom stereocenters. The molecule has 0 amide bonds. The first kappa shape index (κ1) is 23.4. The van der Waals surface area contributed by atoms with Gasteiger partial charge in [0, 0.05) is 24.4 Å². The fourth-order valence-corrected chi connectivity index (χ4v) is 11.2. The standard InChI is InChI=1S/C30H50O2/c1-20-21(32)8-9-22-27(20,5)11-10-23-28(6)15-14-26(4)13-12-25(2,3)18-24(26)29(28,7)16-17-30(22,23)19-31/h20,22-24,31H,8-19H2,1-7H3/t20-,22+,23+,24+,26+,27+,28+,29-,30+/m0/s1. The highest BCUT2D eigenvalue weighted by Crippen LogP contribution is 2.78. The molecule has 182 valence electrons. The van der Waals surface area contributed by atoms with Gasteiger partial charge in [0.25, 0.3) is 0 Å². The van der Waals surface area contributed by atoms with E-state index in [1.165, 1.54) is 57.8 Å². The van der Waals surface area contributed by atoms with Crippen molar-refractivity contribution in [2.45, 2.75) is 119 Å². The van der Waals surface area contributed by atoms with Crippen LogP contribution < -0.4 is 0 Å². The van der Waals surface area contributed by atoms with Crippen LogP contribution in [0.1, 0.15) is 119 Å². The highest BCUT2D eigenvalue weighted by molar-refractivity contribution is 5.82. The number of aliphatic hydroxyl groups excluding tert-OH is 1. The molecule has 5 fully saturated rings. The Balaban J connectivity index is 1.57. The van der Waals surface area contributed by atoms with Crippen molar-refractivity contribution in [2.75, 3.05) is 6.61 Å². The van der Waals surface area contributed by atoms with Gasteiger partial charge in [0.15, 0.2) is 0 Å². The smallest absolute Gasteiger partial charge is 0.136 e. The maximum Gasteiger partial charge on any atom is 0.136 e. The van der Waals surface area contributed by atoms with Gasteiger partial charge >= 0.3 is 0 Å². The summed E-state index contributed by atoms with van der Waals surface area (Å²) in [4.78, 5) is 12.7. The highest BCUT2D eigenvalue weighted by atomic mass is 16.3. The van der Waals surface area contributed by atoms with Gasteiger partial charge in [-0.3, -0.25) is 4.79 Å². The molecule has 0 aliphatic heterocycles. The average molecular weight is 443 g/mol. The Kier molecular flexibility index (Phi) is 5.01. The van der Waals surface area contributed by atoms with Crippen molar-refractivity contribution in [3.05, 3.63) is 0 Å². The first-order chi connectivity index (χ1) is 14.8. The summed E-state index contributed by atoms with van der Waals surface area (Å²) in [6, 6.07) is 0. The van der Waals surface area contributed by atoms with Crippen LogP contribution in [0.15, 0.2) is 0 Å². The minimum Gasteiger partial charge on any atom is -0.396 e. The molecule has 0 heterocycles. The fraction of sp³-hybridized carbons (Fsp3) is 0.967. The van der Waals surface area contributed by atoms with Crippen LogP contribution in [0.3, 0.4) is 0 Å². The molecular weight excluding hydrogens is 392 g/mol. The van der Waals surface area contributed by atoms with Gasteiger partial charge in [-0.25, -0.2) is 0 Å². The van der Waals surface area contributed by atoms with Crippen LogP contribution in [0.2, 0.25) is 0 Å². The lowest BCUT2D eigenvalue weighted by Crippen LogP contribution is -2.69. The zero-order valence-electron chi connectivity index (χ0n) is 22.2. The van der Waals surface area contributed by atoms with Gasteiger partial charge in [-0.2, -0.15) is 0 Å². The second kappa shape index (κ2) is 6.86. The number of fused-ring (bicyclic) bond motifs is 7. The van der Waals surface area contributed by atoms with Crippen molar-refractivity contribution < 1.29 is 9.90 Å². The third-order valence-corrected chi connectivity index (χ3v) is 13.7. The summed E-state index contributed by atoms with van der Waals surface area (Å²) < 4.78 is 0. The van der Waals surface area contributed by atoms with Crippen molar-refractivity contribution >= 4 is 5.78 Å². The topological polar surface area (TPSA) is 37.3 Å². The molecule has 5 aliphatic rings. The third-order valence-electron chi connectivity index (χ3n) is 13.7. The maximum atomic E-state index is 12.7. The molecule has 0 radical (unpaired) electrons. The second-order valence-corrected chi connectivity index (χ2v) is 15.2. The van der Waals surface area contributed by atoms with Crippen LogP contribution in [0.5, 0.6) is 0 Å². The molecule has 1 N–H and O–H groups in total. The zero-order chi connectivity index (χ0) is 23.4. The number of hydrogen-bond acceptors (Lipinski definition) is 2. The Labute approximate surface area is 197 Å². The first-order valence-corrected chi connectivity index (χ1v) is 13.9. The molecule has 0 aromatic heterocycles. The highest BCUT2D eigenvalue weighted by Gasteiger charge is 2.71. The average Bonchev–Trinajstić information content (AvgIpc) is 2.74. The van der Waals surface area contributed by atoms with E-state index < -0.39 is 0 Å². The molecule has 0 aromatic carbocycles. The number of rotatable bonds is 1. The Morgan fingerprint density at radius 3 is 2.09 bits per heavy atom. The number of hydrogen-bond donors (Lipinski definition) is 1. The summed E-state index contributed by atoms with van der Waals surface area (Å²) in [6.45, 7) is 17.9. The van der Waals surface area contributed by atoms with E-state index in [0.717, 1.165) is 18.8 Å². The van der Waals surface area contributed by atoms with E-state index in [9.17, 15) is 9.90 Å². The zero-order valence-corrected chi connectivity index (χ0v) is 22.2. The number of carbonyl (C=O) groups excluding carboxylic acids is 1. The van der Waals surface area contributed by atoms with Gasteiger partial charge in [0.05, 0.1) is 0 Å². The van der Waals surface area contributed by atoms with Crippen molar-refractivity contribution in [3.8, 4) is 0 Å².